The highest BCUT2D eigenvalue weighted by molar-refractivity contribution is 5.97. The largest absolute Gasteiger partial charge is 0.456 e. The summed E-state index contributed by atoms with van der Waals surface area (Å²) in [7, 11) is 0. The Morgan fingerprint density at radius 1 is 1.08 bits per heavy atom. The lowest BCUT2D eigenvalue weighted by Gasteiger charge is -2.29. The van der Waals surface area contributed by atoms with E-state index in [9.17, 15) is 14.4 Å². The molecule has 0 aliphatic heterocycles. The molecule has 1 aromatic rings. The Bertz CT molecular complexity index is 609. The van der Waals surface area contributed by atoms with Gasteiger partial charge in [-0.1, -0.05) is 49.6 Å². The fourth-order valence-electron chi connectivity index (χ4n) is 3.10. The summed E-state index contributed by atoms with van der Waals surface area (Å²) >= 11 is 0. The van der Waals surface area contributed by atoms with Gasteiger partial charge in [0.15, 0.2) is 12.4 Å². The fourth-order valence-corrected chi connectivity index (χ4v) is 3.10. The molecule has 0 radical (unpaired) electrons. The van der Waals surface area contributed by atoms with Crippen molar-refractivity contribution >= 4 is 17.7 Å². The first kappa shape index (κ1) is 19.2. The number of aryl methyl sites for hydroxylation is 1. The SMILES string of the molecule is Cc1ccc(C(=O)CCC(=O)OCC(=O)N[C@H]2CCCC[C@@H]2C)cc1. The lowest BCUT2D eigenvalue weighted by Crippen LogP contribution is -2.42. The molecule has 1 N–H and O–H groups in total. The van der Waals surface area contributed by atoms with Crippen LogP contribution >= 0.6 is 0 Å². The fraction of sp³-hybridized carbons (Fsp3) is 0.550. The van der Waals surface area contributed by atoms with Gasteiger partial charge >= 0.3 is 5.97 Å². The zero-order chi connectivity index (χ0) is 18.2. The van der Waals surface area contributed by atoms with Crippen molar-refractivity contribution in [3.63, 3.8) is 0 Å². The van der Waals surface area contributed by atoms with E-state index in [1.807, 2.05) is 19.1 Å². The molecule has 1 saturated carbocycles. The molecule has 0 unspecified atom stereocenters. The maximum absolute atomic E-state index is 12.0. The van der Waals surface area contributed by atoms with Gasteiger partial charge in [-0.3, -0.25) is 14.4 Å². The minimum Gasteiger partial charge on any atom is -0.456 e. The van der Waals surface area contributed by atoms with Crippen molar-refractivity contribution < 1.29 is 19.1 Å². The predicted octanol–water partition coefficient (Wildman–Crippen LogP) is 3.20. The van der Waals surface area contributed by atoms with E-state index in [0.717, 1.165) is 24.8 Å². The standard InChI is InChI=1S/C20H27NO4/c1-14-7-9-16(10-8-14)18(22)11-12-20(24)25-13-19(23)21-17-6-4-3-5-15(17)2/h7-10,15,17H,3-6,11-13H2,1-2H3,(H,21,23)/t15-,17-/m0/s1. The Hall–Kier alpha value is -2.17. The summed E-state index contributed by atoms with van der Waals surface area (Å²) in [6, 6.07) is 7.40. The van der Waals surface area contributed by atoms with Crippen LogP contribution in [-0.4, -0.2) is 30.3 Å². The molecule has 1 aromatic carbocycles. The third-order valence-electron chi connectivity index (χ3n) is 4.75. The highest BCUT2D eigenvalue weighted by Gasteiger charge is 2.23. The van der Waals surface area contributed by atoms with Crippen LogP contribution in [0.2, 0.25) is 0 Å². The summed E-state index contributed by atoms with van der Waals surface area (Å²) < 4.78 is 4.98. The highest BCUT2D eigenvalue weighted by atomic mass is 16.5. The first-order valence-corrected chi connectivity index (χ1v) is 9.00. The highest BCUT2D eigenvalue weighted by Crippen LogP contribution is 2.23. The van der Waals surface area contributed by atoms with Gasteiger partial charge in [-0.15, -0.1) is 0 Å². The lowest BCUT2D eigenvalue weighted by molar-refractivity contribution is -0.148. The van der Waals surface area contributed by atoms with Crippen LogP contribution in [0.5, 0.6) is 0 Å². The van der Waals surface area contributed by atoms with Crippen LogP contribution in [0.4, 0.5) is 0 Å². The second-order valence-corrected chi connectivity index (χ2v) is 6.89. The van der Waals surface area contributed by atoms with E-state index in [0.29, 0.717) is 11.5 Å². The van der Waals surface area contributed by atoms with Gasteiger partial charge in [0.1, 0.15) is 0 Å². The van der Waals surface area contributed by atoms with Crippen molar-refractivity contribution in [2.75, 3.05) is 6.61 Å². The van der Waals surface area contributed by atoms with Crippen LogP contribution in [-0.2, 0) is 14.3 Å². The molecule has 136 valence electrons. The quantitative estimate of drug-likeness (QED) is 0.608. The average Bonchev–Trinajstić information content (AvgIpc) is 2.60. The summed E-state index contributed by atoms with van der Waals surface area (Å²) in [6.07, 6.45) is 4.49. The van der Waals surface area contributed by atoms with E-state index in [1.54, 1.807) is 12.1 Å². The van der Waals surface area contributed by atoms with Crippen molar-refractivity contribution in [1.29, 1.82) is 0 Å². The topological polar surface area (TPSA) is 72.5 Å². The van der Waals surface area contributed by atoms with Gasteiger partial charge in [-0.05, 0) is 25.7 Å². The van der Waals surface area contributed by atoms with E-state index in [4.69, 9.17) is 4.74 Å². The van der Waals surface area contributed by atoms with E-state index < -0.39 is 5.97 Å². The normalized spacial score (nSPS) is 19.9. The van der Waals surface area contributed by atoms with Crippen molar-refractivity contribution in [1.82, 2.24) is 5.32 Å². The second-order valence-electron chi connectivity index (χ2n) is 6.89. The van der Waals surface area contributed by atoms with Crippen LogP contribution in [0.25, 0.3) is 0 Å². The number of Topliss-reactive ketones (excluding diaryl/α,β-unsaturated/α-hetero) is 1. The average molecular weight is 345 g/mol. The Balaban J connectivity index is 1.67. The molecule has 25 heavy (non-hydrogen) atoms. The molecule has 0 spiro atoms. The number of esters is 1. The molecule has 0 aromatic heterocycles. The number of nitrogens with one attached hydrogen (secondary N) is 1. The molecule has 2 atom stereocenters. The minimum absolute atomic E-state index is 0.0141. The zero-order valence-corrected chi connectivity index (χ0v) is 15.0. The molecule has 5 heteroatoms. The summed E-state index contributed by atoms with van der Waals surface area (Å²) in [5.74, 6) is -0.428. The monoisotopic (exact) mass is 345 g/mol. The van der Waals surface area contributed by atoms with E-state index in [2.05, 4.69) is 12.2 Å². The van der Waals surface area contributed by atoms with Gasteiger partial charge in [-0.2, -0.15) is 0 Å². The van der Waals surface area contributed by atoms with Gasteiger partial charge in [0, 0.05) is 18.0 Å². The number of rotatable bonds is 7. The Morgan fingerprint density at radius 3 is 2.44 bits per heavy atom. The van der Waals surface area contributed by atoms with Crippen LogP contribution < -0.4 is 5.32 Å². The maximum atomic E-state index is 12.0. The smallest absolute Gasteiger partial charge is 0.306 e. The van der Waals surface area contributed by atoms with Crippen LogP contribution in [0.1, 0.15) is 61.4 Å². The molecule has 5 nitrogen and oxygen atoms in total. The number of amides is 1. The third kappa shape index (κ3) is 6.33. The van der Waals surface area contributed by atoms with Crippen molar-refractivity contribution in [3.05, 3.63) is 35.4 Å². The molecular weight excluding hydrogens is 318 g/mol. The number of hydrogen-bond donors (Lipinski definition) is 1. The predicted molar refractivity (Wildman–Crippen MR) is 95.3 cm³/mol. The number of hydrogen-bond acceptors (Lipinski definition) is 4. The first-order chi connectivity index (χ1) is 12.0. The summed E-state index contributed by atoms with van der Waals surface area (Å²) in [6.45, 7) is 3.80. The third-order valence-corrected chi connectivity index (χ3v) is 4.75. The van der Waals surface area contributed by atoms with Gasteiger partial charge < -0.3 is 10.1 Å². The summed E-state index contributed by atoms with van der Waals surface area (Å²) in [4.78, 5) is 35.6. The zero-order valence-electron chi connectivity index (χ0n) is 15.0. The van der Waals surface area contributed by atoms with E-state index in [-0.39, 0.29) is 37.2 Å². The van der Waals surface area contributed by atoms with Crippen LogP contribution in [0, 0.1) is 12.8 Å². The number of ketones is 1. The van der Waals surface area contributed by atoms with Gasteiger partial charge in [-0.25, -0.2) is 0 Å². The van der Waals surface area contributed by atoms with Gasteiger partial charge in [0.05, 0.1) is 6.42 Å². The molecule has 1 aliphatic rings. The van der Waals surface area contributed by atoms with E-state index >= 15 is 0 Å². The number of carbonyl (C=O) groups excluding carboxylic acids is 3. The molecule has 1 fully saturated rings. The molecule has 0 heterocycles. The maximum Gasteiger partial charge on any atom is 0.306 e. The summed E-state index contributed by atoms with van der Waals surface area (Å²) in [5, 5.41) is 2.94. The van der Waals surface area contributed by atoms with Crippen molar-refractivity contribution in [3.8, 4) is 0 Å². The number of ether oxygens (including phenoxy) is 1. The number of benzene rings is 1. The molecular formula is C20H27NO4. The Kier molecular flexibility index (Phi) is 7.16. The van der Waals surface area contributed by atoms with Crippen molar-refractivity contribution in [2.24, 2.45) is 5.92 Å². The minimum atomic E-state index is -0.521. The molecule has 1 amide bonds. The van der Waals surface area contributed by atoms with Gasteiger partial charge in [0.2, 0.25) is 0 Å². The molecule has 0 saturated heterocycles. The van der Waals surface area contributed by atoms with Gasteiger partial charge in [0.25, 0.3) is 5.91 Å². The molecule has 2 rings (SSSR count). The number of carbonyl (C=O) groups is 3. The second kappa shape index (κ2) is 9.35. The van der Waals surface area contributed by atoms with E-state index in [1.165, 1.54) is 6.42 Å². The summed E-state index contributed by atoms with van der Waals surface area (Å²) in [5.41, 5.74) is 1.66. The Labute approximate surface area is 149 Å². The molecule has 0 bridgehead atoms. The lowest BCUT2D eigenvalue weighted by atomic mass is 9.86. The first-order valence-electron chi connectivity index (χ1n) is 9.00. The molecule has 1 aliphatic carbocycles. The Morgan fingerprint density at radius 2 is 1.76 bits per heavy atom. The van der Waals surface area contributed by atoms with Crippen LogP contribution in [0.15, 0.2) is 24.3 Å². The van der Waals surface area contributed by atoms with Crippen LogP contribution in [0.3, 0.4) is 0 Å². The van der Waals surface area contributed by atoms with Crippen molar-refractivity contribution in [2.45, 2.75) is 58.4 Å².